The number of methoxy groups -OCH3 is 1. The molecule has 1 saturated heterocycles. The van der Waals surface area contributed by atoms with E-state index in [0.29, 0.717) is 23.9 Å². The lowest BCUT2D eigenvalue weighted by Crippen LogP contribution is -2.45. The van der Waals surface area contributed by atoms with Gasteiger partial charge in [-0.15, -0.1) is 0 Å². The van der Waals surface area contributed by atoms with Crippen LogP contribution in [0, 0.1) is 6.92 Å². The van der Waals surface area contributed by atoms with E-state index >= 15 is 0 Å². The molecular weight excluding hydrogens is 418 g/mol. The third kappa shape index (κ3) is 6.07. The minimum atomic E-state index is -0.188. The van der Waals surface area contributed by atoms with Crippen molar-refractivity contribution in [3.05, 3.63) is 46.9 Å². The first kappa shape index (κ1) is 22.8. The van der Waals surface area contributed by atoms with Crippen molar-refractivity contribution >= 4 is 29.2 Å². The summed E-state index contributed by atoms with van der Waals surface area (Å²) in [6.45, 7) is 4.83. The molecule has 1 atom stereocenters. The van der Waals surface area contributed by atoms with Gasteiger partial charge in [0.05, 0.1) is 19.1 Å². The number of aliphatic imine (C=N–C) groups is 1. The van der Waals surface area contributed by atoms with Gasteiger partial charge in [0.25, 0.3) is 5.91 Å². The number of hydrogen-bond donors (Lipinski definition) is 3. The van der Waals surface area contributed by atoms with Gasteiger partial charge in [0, 0.05) is 49.9 Å². The Morgan fingerprint density at radius 1 is 1.32 bits per heavy atom. The number of nitrogens with one attached hydrogen (secondary N) is 3. The first-order valence-electron chi connectivity index (χ1n) is 10.4. The quantitative estimate of drug-likeness (QED) is 0.327. The molecule has 2 aromatic rings. The van der Waals surface area contributed by atoms with E-state index in [4.69, 9.17) is 20.8 Å². The molecule has 0 radical (unpaired) electrons. The number of carbonyl (C=O) groups is 1. The topological polar surface area (TPSA) is 91.1 Å². The average Bonchev–Trinajstić information content (AvgIpc) is 3.41. The molecule has 1 aromatic heterocycles. The maximum atomic E-state index is 12.0. The second-order valence-corrected chi connectivity index (χ2v) is 7.87. The summed E-state index contributed by atoms with van der Waals surface area (Å²) >= 11 is 6.18. The van der Waals surface area contributed by atoms with Crippen molar-refractivity contribution in [2.45, 2.75) is 25.8 Å². The van der Waals surface area contributed by atoms with Gasteiger partial charge in [0.2, 0.25) is 0 Å². The summed E-state index contributed by atoms with van der Waals surface area (Å²) in [5.41, 5.74) is 1.84. The predicted molar refractivity (Wildman–Crippen MR) is 124 cm³/mol. The second-order valence-electron chi connectivity index (χ2n) is 7.43. The molecule has 0 aliphatic carbocycles. The maximum absolute atomic E-state index is 12.0. The molecule has 3 N–H and O–H groups in total. The third-order valence-corrected chi connectivity index (χ3v) is 5.47. The number of guanidine groups is 1. The molecule has 0 saturated carbocycles. The highest BCUT2D eigenvalue weighted by molar-refractivity contribution is 6.30. The molecule has 1 aromatic carbocycles. The molecule has 31 heavy (non-hydrogen) atoms. The number of halogens is 1. The number of aryl methyl sites for hydroxylation is 1. The molecule has 2 heterocycles. The number of anilines is 1. The monoisotopic (exact) mass is 447 g/mol. The lowest BCUT2D eigenvalue weighted by Gasteiger charge is -2.22. The summed E-state index contributed by atoms with van der Waals surface area (Å²) in [5, 5.41) is 10.3. The highest BCUT2D eigenvalue weighted by Gasteiger charge is 2.25. The van der Waals surface area contributed by atoms with E-state index in [9.17, 15) is 4.79 Å². The van der Waals surface area contributed by atoms with Gasteiger partial charge in [-0.3, -0.25) is 9.79 Å². The van der Waals surface area contributed by atoms with Crippen molar-refractivity contribution in [2.75, 3.05) is 45.2 Å². The van der Waals surface area contributed by atoms with Crippen LogP contribution in [0.15, 0.2) is 39.9 Å². The van der Waals surface area contributed by atoms with Crippen molar-refractivity contribution in [1.82, 2.24) is 16.0 Å². The predicted octanol–water partition coefficient (Wildman–Crippen LogP) is 2.81. The minimum absolute atomic E-state index is 0.188. The van der Waals surface area contributed by atoms with E-state index in [-0.39, 0.29) is 11.9 Å². The molecule has 9 heteroatoms. The van der Waals surface area contributed by atoms with Crippen LogP contribution in [0.5, 0.6) is 5.75 Å². The van der Waals surface area contributed by atoms with Crippen LogP contribution in [0.25, 0.3) is 0 Å². The number of ether oxygens (including phenoxy) is 1. The van der Waals surface area contributed by atoms with Crippen LogP contribution in [0.1, 0.15) is 29.0 Å². The Bertz CT molecular complexity index is 914. The lowest BCUT2D eigenvalue weighted by molar-refractivity contribution is 0.0925. The fourth-order valence-corrected chi connectivity index (χ4v) is 3.74. The van der Waals surface area contributed by atoms with Gasteiger partial charge < -0.3 is 30.0 Å². The largest absolute Gasteiger partial charge is 0.495 e. The Kier molecular flexibility index (Phi) is 8.06. The highest BCUT2D eigenvalue weighted by atomic mass is 35.5. The van der Waals surface area contributed by atoms with Crippen LogP contribution in [-0.4, -0.2) is 58.2 Å². The van der Waals surface area contributed by atoms with Gasteiger partial charge in [0.1, 0.15) is 5.75 Å². The number of carbonyl (C=O) groups excluding carboxylic acids is 1. The fourth-order valence-electron chi connectivity index (χ4n) is 3.58. The first-order chi connectivity index (χ1) is 15.0. The van der Waals surface area contributed by atoms with Crippen molar-refractivity contribution in [1.29, 1.82) is 0 Å². The Hall–Kier alpha value is -2.87. The highest BCUT2D eigenvalue weighted by Crippen LogP contribution is 2.33. The Labute approximate surface area is 188 Å². The Balaban J connectivity index is 1.40. The molecule has 168 valence electrons. The molecule has 1 aliphatic rings. The average molecular weight is 448 g/mol. The smallest absolute Gasteiger partial charge is 0.287 e. The van der Waals surface area contributed by atoms with Gasteiger partial charge >= 0.3 is 0 Å². The Morgan fingerprint density at radius 2 is 2.13 bits per heavy atom. The molecule has 8 nitrogen and oxygen atoms in total. The van der Waals surface area contributed by atoms with Gasteiger partial charge in [-0.05, 0) is 44.0 Å². The number of amides is 1. The summed E-state index contributed by atoms with van der Waals surface area (Å²) in [6, 6.07) is 7.70. The second kappa shape index (κ2) is 10.9. The van der Waals surface area contributed by atoms with Crippen molar-refractivity contribution in [3.8, 4) is 5.75 Å². The lowest BCUT2D eigenvalue weighted by atomic mass is 10.2. The number of rotatable bonds is 8. The number of furan rings is 1. The third-order valence-electron chi connectivity index (χ3n) is 5.23. The zero-order valence-electron chi connectivity index (χ0n) is 18.2. The van der Waals surface area contributed by atoms with Crippen LogP contribution >= 0.6 is 11.6 Å². The Morgan fingerprint density at radius 3 is 2.84 bits per heavy atom. The first-order valence-corrected chi connectivity index (χ1v) is 10.8. The summed E-state index contributed by atoms with van der Waals surface area (Å²) in [5.74, 6) is 1.75. The summed E-state index contributed by atoms with van der Waals surface area (Å²) < 4.78 is 10.7. The fraction of sp³-hybridized carbons (Fsp3) is 0.455. The molecular formula is C22H30ClN5O3. The summed E-state index contributed by atoms with van der Waals surface area (Å²) in [6.07, 6.45) is 3.27. The van der Waals surface area contributed by atoms with Gasteiger partial charge in [-0.25, -0.2) is 0 Å². The zero-order valence-corrected chi connectivity index (χ0v) is 19.0. The molecule has 1 amide bonds. The number of nitrogens with zero attached hydrogens (tertiary/aromatic N) is 2. The SMILES string of the molecule is CN=C(NCCCNC(=O)c1occc1C)NC1CCN(c2cc(Cl)ccc2OC)C1. The number of benzene rings is 1. The maximum Gasteiger partial charge on any atom is 0.287 e. The van der Waals surface area contributed by atoms with Crippen LogP contribution < -0.4 is 25.6 Å². The van der Waals surface area contributed by atoms with E-state index in [1.165, 1.54) is 6.26 Å². The van der Waals surface area contributed by atoms with E-state index in [0.717, 1.165) is 48.9 Å². The molecule has 1 aliphatic heterocycles. The van der Waals surface area contributed by atoms with E-state index in [1.807, 2.05) is 25.1 Å². The summed E-state index contributed by atoms with van der Waals surface area (Å²) in [7, 11) is 3.42. The van der Waals surface area contributed by atoms with Crippen molar-refractivity contribution < 1.29 is 13.9 Å². The molecule has 3 rings (SSSR count). The van der Waals surface area contributed by atoms with Crippen LogP contribution in [0.2, 0.25) is 5.02 Å². The van der Waals surface area contributed by atoms with Crippen molar-refractivity contribution in [2.24, 2.45) is 4.99 Å². The van der Waals surface area contributed by atoms with Gasteiger partial charge in [-0.1, -0.05) is 11.6 Å². The standard InChI is InChI=1S/C22H30ClN5O3/c1-15-8-12-31-20(15)21(29)25-9-4-10-26-22(24-2)27-17-7-11-28(14-17)18-13-16(23)5-6-19(18)30-3/h5-6,8,12-13,17H,4,7,9-11,14H2,1-3H3,(H,25,29)(H2,24,26,27). The molecule has 1 fully saturated rings. The molecule has 0 bridgehead atoms. The molecule has 0 spiro atoms. The van der Waals surface area contributed by atoms with Gasteiger partial charge in [0.15, 0.2) is 11.7 Å². The van der Waals surface area contributed by atoms with E-state index < -0.39 is 0 Å². The van der Waals surface area contributed by atoms with E-state index in [2.05, 4.69) is 25.8 Å². The van der Waals surface area contributed by atoms with Crippen LogP contribution in [0.4, 0.5) is 5.69 Å². The van der Waals surface area contributed by atoms with Crippen molar-refractivity contribution in [3.63, 3.8) is 0 Å². The minimum Gasteiger partial charge on any atom is -0.495 e. The van der Waals surface area contributed by atoms with E-state index in [1.54, 1.807) is 20.2 Å². The van der Waals surface area contributed by atoms with Gasteiger partial charge in [-0.2, -0.15) is 0 Å². The molecule has 1 unspecified atom stereocenters. The summed E-state index contributed by atoms with van der Waals surface area (Å²) in [4.78, 5) is 18.6. The normalized spacial score (nSPS) is 16.3. The van der Waals surface area contributed by atoms with Crippen LogP contribution in [0.3, 0.4) is 0 Å². The number of hydrogen-bond acceptors (Lipinski definition) is 5. The zero-order chi connectivity index (χ0) is 22.2. The van der Waals surface area contributed by atoms with Crippen LogP contribution in [-0.2, 0) is 0 Å².